The van der Waals surface area contributed by atoms with Gasteiger partial charge in [0.05, 0.1) is 4.90 Å². The van der Waals surface area contributed by atoms with E-state index in [0.29, 0.717) is 5.56 Å². The lowest BCUT2D eigenvalue weighted by Crippen LogP contribution is -2.32. The Balaban J connectivity index is 2.52. The van der Waals surface area contributed by atoms with Gasteiger partial charge in [0.15, 0.2) is 9.84 Å². The quantitative estimate of drug-likeness (QED) is 0.750. The number of amides is 1. The van der Waals surface area contributed by atoms with Gasteiger partial charge in [0, 0.05) is 17.9 Å². The summed E-state index contributed by atoms with van der Waals surface area (Å²) in [6.07, 6.45) is 6.86. The first kappa shape index (κ1) is 17.7. The zero-order valence-electron chi connectivity index (χ0n) is 13.1. The molecule has 1 rings (SSSR count). The molecule has 1 aromatic rings. The van der Waals surface area contributed by atoms with Crippen molar-refractivity contribution in [2.45, 2.75) is 56.9 Å². The summed E-state index contributed by atoms with van der Waals surface area (Å²) in [6, 6.07) is 6.17. The van der Waals surface area contributed by atoms with Crippen molar-refractivity contribution in [3.8, 4) is 0 Å². The number of unbranched alkanes of at least 4 members (excludes halogenated alkanes) is 3. The molecule has 0 bridgehead atoms. The molecule has 0 fully saturated rings. The molecule has 1 unspecified atom stereocenters. The number of benzene rings is 1. The molecule has 21 heavy (non-hydrogen) atoms. The third kappa shape index (κ3) is 6.29. The van der Waals surface area contributed by atoms with Crippen LogP contribution in [0.4, 0.5) is 0 Å². The van der Waals surface area contributed by atoms with Crippen molar-refractivity contribution in [1.82, 2.24) is 5.32 Å². The Bertz CT molecular complexity index is 549. The van der Waals surface area contributed by atoms with Crippen molar-refractivity contribution >= 4 is 15.7 Å². The number of hydrogen-bond donors (Lipinski definition) is 1. The highest BCUT2D eigenvalue weighted by Gasteiger charge is 2.11. The van der Waals surface area contributed by atoms with Crippen molar-refractivity contribution in [2.24, 2.45) is 0 Å². The van der Waals surface area contributed by atoms with Crippen LogP contribution in [0.15, 0.2) is 29.2 Å². The molecular weight excluding hydrogens is 286 g/mol. The number of hydrogen-bond acceptors (Lipinski definition) is 3. The van der Waals surface area contributed by atoms with Crippen molar-refractivity contribution in [2.75, 3.05) is 6.26 Å². The molecule has 1 amide bonds. The Labute approximate surface area is 127 Å². The normalized spacial score (nSPS) is 12.9. The second-order valence-electron chi connectivity index (χ2n) is 5.52. The van der Waals surface area contributed by atoms with E-state index < -0.39 is 9.84 Å². The van der Waals surface area contributed by atoms with Gasteiger partial charge >= 0.3 is 0 Å². The number of carbonyl (C=O) groups is 1. The average Bonchev–Trinajstić information content (AvgIpc) is 2.43. The molecule has 4 nitrogen and oxygen atoms in total. The standard InChI is InChI=1S/C16H25NO3S/c1-4-5-6-7-8-13(2)17-16(18)14-9-11-15(12-10-14)21(3,19)20/h9-13H,4-8H2,1-3H3,(H,17,18). The average molecular weight is 311 g/mol. The number of carbonyl (C=O) groups excluding carboxylic acids is 1. The van der Waals surface area contributed by atoms with Crippen LogP contribution in [0.25, 0.3) is 0 Å². The minimum Gasteiger partial charge on any atom is -0.350 e. The highest BCUT2D eigenvalue weighted by Crippen LogP contribution is 2.11. The summed E-state index contributed by atoms with van der Waals surface area (Å²) in [4.78, 5) is 12.3. The minimum absolute atomic E-state index is 0.129. The largest absolute Gasteiger partial charge is 0.350 e. The van der Waals surface area contributed by atoms with Crippen LogP contribution in [0.3, 0.4) is 0 Å². The van der Waals surface area contributed by atoms with Gasteiger partial charge in [-0.25, -0.2) is 8.42 Å². The predicted molar refractivity (Wildman–Crippen MR) is 85.2 cm³/mol. The van der Waals surface area contributed by atoms with E-state index in [9.17, 15) is 13.2 Å². The van der Waals surface area contributed by atoms with Crippen LogP contribution < -0.4 is 5.32 Å². The Hall–Kier alpha value is -1.36. The van der Waals surface area contributed by atoms with Gasteiger partial charge in [0.25, 0.3) is 5.91 Å². The van der Waals surface area contributed by atoms with Crippen molar-refractivity contribution in [1.29, 1.82) is 0 Å². The first-order chi connectivity index (χ1) is 9.84. The van der Waals surface area contributed by atoms with Gasteiger partial charge in [-0.2, -0.15) is 0 Å². The van der Waals surface area contributed by atoms with Crippen LogP contribution in [0.1, 0.15) is 56.3 Å². The zero-order valence-corrected chi connectivity index (χ0v) is 13.9. The number of sulfone groups is 1. The highest BCUT2D eigenvalue weighted by molar-refractivity contribution is 7.90. The molecule has 0 heterocycles. The second-order valence-corrected chi connectivity index (χ2v) is 7.54. The summed E-state index contributed by atoms with van der Waals surface area (Å²) >= 11 is 0. The smallest absolute Gasteiger partial charge is 0.251 e. The van der Waals surface area contributed by atoms with Crippen LogP contribution in [-0.4, -0.2) is 26.6 Å². The monoisotopic (exact) mass is 311 g/mol. The van der Waals surface area contributed by atoms with Crippen LogP contribution in [0.2, 0.25) is 0 Å². The van der Waals surface area contributed by atoms with E-state index in [1.165, 1.54) is 31.4 Å². The highest BCUT2D eigenvalue weighted by atomic mass is 32.2. The lowest BCUT2D eigenvalue weighted by Gasteiger charge is -2.14. The van der Waals surface area contributed by atoms with E-state index in [1.54, 1.807) is 12.1 Å². The van der Waals surface area contributed by atoms with Crippen molar-refractivity contribution in [3.05, 3.63) is 29.8 Å². The third-order valence-corrected chi connectivity index (χ3v) is 4.54. The first-order valence-corrected chi connectivity index (χ1v) is 9.34. The Morgan fingerprint density at radius 3 is 2.29 bits per heavy atom. The van der Waals surface area contributed by atoms with Gasteiger partial charge < -0.3 is 5.32 Å². The van der Waals surface area contributed by atoms with Gasteiger partial charge in [-0.1, -0.05) is 32.6 Å². The summed E-state index contributed by atoms with van der Waals surface area (Å²) < 4.78 is 22.7. The minimum atomic E-state index is -3.22. The maximum atomic E-state index is 12.0. The predicted octanol–water partition coefficient (Wildman–Crippen LogP) is 3.18. The summed E-state index contributed by atoms with van der Waals surface area (Å²) in [5.74, 6) is -0.155. The summed E-state index contributed by atoms with van der Waals surface area (Å²) in [6.45, 7) is 4.17. The molecule has 0 radical (unpaired) electrons. The summed E-state index contributed by atoms with van der Waals surface area (Å²) in [7, 11) is -3.22. The fourth-order valence-corrected chi connectivity index (χ4v) is 2.74. The van der Waals surface area contributed by atoms with Crippen LogP contribution >= 0.6 is 0 Å². The van der Waals surface area contributed by atoms with E-state index in [2.05, 4.69) is 12.2 Å². The van der Waals surface area contributed by atoms with Crippen LogP contribution in [-0.2, 0) is 9.84 Å². The van der Waals surface area contributed by atoms with E-state index in [1.807, 2.05) is 6.92 Å². The second kappa shape index (κ2) is 8.17. The Morgan fingerprint density at radius 2 is 1.76 bits per heavy atom. The number of rotatable bonds is 8. The molecule has 5 heteroatoms. The van der Waals surface area contributed by atoms with Gasteiger partial charge in [-0.05, 0) is 37.6 Å². The molecular formula is C16H25NO3S. The fraction of sp³-hybridized carbons (Fsp3) is 0.562. The Kier molecular flexibility index (Phi) is 6.89. The third-order valence-electron chi connectivity index (χ3n) is 3.41. The molecule has 1 N–H and O–H groups in total. The van der Waals surface area contributed by atoms with E-state index in [-0.39, 0.29) is 16.8 Å². The Morgan fingerprint density at radius 1 is 1.14 bits per heavy atom. The van der Waals surface area contributed by atoms with Crippen molar-refractivity contribution < 1.29 is 13.2 Å². The first-order valence-electron chi connectivity index (χ1n) is 7.45. The van der Waals surface area contributed by atoms with Gasteiger partial charge in [0.1, 0.15) is 0 Å². The maximum absolute atomic E-state index is 12.0. The molecule has 0 aliphatic rings. The van der Waals surface area contributed by atoms with E-state index >= 15 is 0 Å². The maximum Gasteiger partial charge on any atom is 0.251 e. The summed E-state index contributed by atoms with van der Waals surface area (Å²) in [5.41, 5.74) is 0.489. The molecule has 1 atom stereocenters. The van der Waals surface area contributed by atoms with Gasteiger partial charge in [-0.3, -0.25) is 4.79 Å². The van der Waals surface area contributed by atoms with Crippen LogP contribution in [0.5, 0.6) is 0 Å². The van der Waals surface area contributed by atoms with E-state index in [4.69, 9.17) is 0 Å². The molecule has 0 saturated heterocycles. The molecule has 1 aromatic carbocycles. The SMILES string of the molecule is CCCCCCC(C)NC(=O)c1ccc(S(C)(=O)=O)cc1. The van der Waals surface area contributed by atoms with Crippen LogP contribution in [0, 0.1) is 0 Å². The lowest BCUT2D eigenvalue weighted by molar-refractivity contribution is 0.0938. The van der Waals surface area contributed by atoms with Crippen molar-refractivity contribution in [3.63, 3.8) is 0 Å². The van der Waals surface area contributed by atoms with Gasteiger partial charge in [-0.15, -0.1) is 0 Å². The topological polar surface area (TPSA) is 63.2 Å². The summed E-state index contributed by atoms with van der Waals surface area (Å²) in [5, 5.41) is 2.94. The molecule has 0 aliphatic carbocycles. The molecule has 0 spiro atoms. The molecule has 0 saturated carbocycles. The van der Waals surface area contributed by atoms with Gasteiger partial charge in [0.2, 0.25) is 0 Å². The molecule has 0 aromatic heterocycles. The number of nitrogens with one attached hydrogen (secondary N) is 1. The fourth-order valence-electron chi connectivity index (χ4n) is 2.11. The zero-order chi connectivity index (χ0) is 15.9. The van der Waals surface area contributed by atoms with E-state index in [0.717, 1.165) is 19.1 Å². The molecule has 118 valence electrons. The lowest BCUT2D eigenvalue weighted by atomic mass is 10.1. The molecule has 0 aliphatic heterocycles.